The molecule has 0 heterocycles. The van der Waals surface area contributed by atoms with E-state index in [1.807, 2.05) is 0 Å². The van der Waals surface area contributed by atoms with E-state index < -0.39 is 0 Å². The maximum absolute atomic E-state index is 5.36. The highest BCUT2D eigenvalue weighted by molar-refractivity contribution is 7.80. The van der Waals surface area contributed by atoms with Crippen molar-refractivity contribution in [1.29, 1.82) is 0 Å². The lowest BCUT2D eigenvalue weighted by molar-refractivity contribution is 0.283. The maximum Gasteiger partial charge on any atom is 0.163 e. The Kier molecular flexibility index (Phi) is 3.79. The summed E-state index contributed by atoms with van der Waals surface area (Å²) in [5.74, 6) is 1.67. The number of thiocarbonyl (C=S) groups is 1. The highest BCUT2D eigenvalue weighted by Gasteiger charge is 2.18. The lowest BCUT2D eigenvalue weighted by Crippen LogP contribution is -2.34. The summed E-state index contributed by atoms with van der Waals surface area (Å²) in [6.07, 6.45) is 5.42. The van der Waals surface area contributed by atoms with Crippen molar-refractivity contribution in [2.75, 3.05) is 6.54 Å². The van der Waals surface area contributed by atoms with Crippen LogP contribution in [0.2, 0.25) is 0 Å². The summed E-state index contributed by atoms with van der Waals surface area (Å²) >= 11 is 4.76. The highest BCUT2D eigenvalue weighted by atomic mass is 32.1. The van der Waals surface area contributed by atoms with E-state index in [0.717, 1.165) is 18.4 Å². The minimum absolute atomic E-state index is 0.438. The second-order valence-corrected chi connectivity index (χ2v) is 4.32. The first-order valence-corrected chi connectivity index (χ1v) is 5.12. The zero-order valence-corrected chi connectivity index (χ0v) is 8.49. The van der Waals surface area contributed by atoms with Gasteiger partial charge in [0.2, 0.25) is 0 Å². The molecule has 1 aliphatic rings. The molecule has 1 fully saturated rings. The second kappa shape index (κ2) is 4.65. The molecular weight excluding hydrogens is 168 g/mol. The standard InChI is InChI=1S/C9H18N2S/c1-7-3-2-4-8(5-7)6-11-9(10)12/h7-8H,2-6H2,1H3,(H3,10,11,12). The molecule has 1 aliphatic carbocycles. The first-order valence-electron chi connectivity index (χ1n) is 4.71. The molecule has 12 heavy (non-hydrogen) atoms. The van der Waals surface area contributed by atoms with Gasteiger partial charge in [-0.15, -0.1) is 0 Å². The Morgan fingerprint density at radius 3 is 2.92 bits per heavy atom. The second-order valence-electron chi connectivity index (χ2n) is 3.88. The lowest BCUT2D eigenvalue weighted by Gasteiger charge is -2.26. The monoisotopic (exact) mass is 186 g/mol. The van der Waals surface area contributed by atoms with E-state index in [4.69, 9.17) is 18.0 Å². The van der Waals surface area contributed by atoms with Crippen molar-refractivity contribution in [2.24, 2.45) is 17.6 Å². The number of hydrogen-bond donors (Lipinski definition) is 2. The quantitative estimate of drug-likeness (QED) is 0.644. The highest BCUT2D eigenvalue weighted by Crippen LogP contribution is 2.27. The molecule has 0 spiro atoms. The van der Waals surface area contributed by atoms with Gasteiger partial charge in [0.25, 0.3) is 0 Å². The van der Waals surface area contributed by atoms with Crippen LogP contribution in [0.25, 0.3) is 0 Å². The van der Waals surface area contributed by atoms with Crippen molar-refractivity contribution in [3.05, 3.63) is 0 Å². The van der Waals surface area contributed by atoms with Gasteiger partial charge in [-0.05, 0) is 36.9 Å². The molecule has 2 nitrogen and oxygen atoms in total. The lowest BCUT2D eigenvalue weighted by atomic mass is 9.82. The fourth-order valence-corrected chi connectivity index (χ4v) is 2.07. The van der Waals surface area contributed by atoms with E-state index in [1.54, 1.807) is 0 Å². The number of nitrogens with two attached hydrogens (primary N) is 1. The first-order chi connectivity index (χ1) is 5.68. The summed E-state index contributed by atoms with van der Waals surface area (Å²) in [6, 6.07) is 0. The predicted octanol–water partition coefficient (Wildman–Crippen LogP) is 1.65. The van der Waals surface area contributed by atoms with Crippen LogP contribution in [0.15, 0.2) is 0 Å². The summed E-state index contributed by atoms with van der Waals surface area (Å²) in [7, 11) is 0. The van der Waals surface area contributed by atoms with E-state index in [0.29, 0.717) is 5.11 Å². The number of hydrogen-bond acceptors (Lipinski definition) is 1. The average Bonchev–Trinajstić information content (AvgIpc) is 2.01. The first kappa shape index (κ1) is 9.78. The summed E-state index contributed by atoms with van der Waals surface area (Å²) in [5.41, 5.74) is 5.36. The van der Waals surface area contributed by atoms with Crippen LogP contribution < -0.4 is 11.1 Å². The zero-order valence-electron chi connectivity index (χ0n) is 7.68. The van der Waals surface area contributed by atoms with Gasteiger partial charge in [0.05, 0.1) is 0 Å². The van der Waals surface area contributed by atoms with Gasteiger partial charge in [-0.25, -0.2) is 0 Å². The van der Waals surface area contributed by atoms with Gasteiger partial charge >= 0.3 is 0 Å². The van der Waals surface area contributed by atoms with E-state index in [1.165, 1.54) is 25.7 Å². The molecule has 2 atom stereocenters. The number of nitrogens with one attached hydrogen (secondary N) is 1. The van der Waals surface area contributed by atoms with Gasteiger partial charge in [0.1, 0.15) is 0 Å². The third-order valence-electron chi connectivity index (χ3n) is 2.61. The smallest absolute Gasteiger partial charge is 0.163 e. The van der Waals surface area contributed by atoms with E-state index in [2.05, 4.69) is 12.2 Å². The fraction of sp³-hybridized carbons (Fsp3) is 0.889. The SMILES string of the molecule is CC1CCCC(CNC(N)=S)C1. The molecule has 0 radical (unpaired) electrons. The maximum atomic E-state index is 5.36. The third kappa shape index (κ3) is 3.39. The minimum atomic E-state index is 0.438. The molecule has 0 aliphatic heterocycles. The van der Waals surface area contributed by atoms with Crippen molar-refractivity contribution in [2.45, 2.75) is 32.6 Å². The molecule has 0 aromatic heterocycles. The van der Waals surface area contributed by atoms with Crippen molar-refractivity contribution in [1.82, 2.24) is 5.32 Å². The summed E-state index contributed by atoms with van der Waals surface area (Å²) < 4.78 is 0. The molecule has 70 valence electrons. The van der Waals surface area contributed by atoms with Crippen LogP contribution in [0, 0.1) is 11.8 Å². The Balaban J connectivity index is 2.18. The molecular formula is C9H18N2S. The van der Waals surface area contributed by atoms with Crippen LogP contribution in [-0.2, 0) is 0 Å². The van der Waals surface area contributed by atoms with Gasteiger partial charge in [0.15, 0.2) is 5.11 Å². The molecule has 1 rings (SSSR count). The summed E-state index contributed by atoms with van der Waals surface area (Å²) in [6.45, 7) is 3.30. The average molecular weight is 186 g/mol. The largest absolute Gasteiger partial charge is 0.376 e. The van der Waals surface area contributed by atoms with Crippen LogP contribution in [0.1, 0.15) is 32.6 Å². The topological polar surface area (TPSA) is 38.0 Å². The van der Waals surface area contributed by atoms with E-state index >= 15 is 0 Å². The van der Waals surface area contributed by atoms with Crippen LogP contribution in [0.5, 0.6) is 0 Å². The normalized spacial score (nSPS) is 29.8. The molecule has 0 aromatic rings. The van der Waals surface area contributed by atoms with E-state index in [9.17, 15) is 0 Å². The number of rotatable bonds is 2. The Bertz CT molecular complexity index is 159. The van der Waals surface area contributed by atoms with Crippen LogP contribution in [-0.4, -0.2) is 11.7 Å². The van der Waals surface area contributed by atoms with Crippen molar-refractivity contribution in [3.63, 3.8) is 0 Å². The van der Waals surface area contributed by atoms with E-state index in [-0.39, 0.29) is 0 Å². The Morgan fingerprint density at radius 1 is 1.58 bits per heavy atom. The Hall–Kier alpha value is -0.310. The van der Waals surface area contributed by atoms with Crippen molar-refractivity contribution >= 4 is 17.3 Å². The molecule has 0 aromatic carbocycles. The van der Waals surface area contributed by atoms with Crippen LogP contribution in [0.4, 0.5) is 0 Å². The summed E-state index contributed by atoms with van der Waals surface area (Å²) in [5, 5.41) is 3.48. The molecule has 0 saturated heterocycles. The van der Waals surface area contributed by atoms with Gasteiger partial charge in [-0.1, -0.05) is 19.8 Å². The van der Waals surface area contributed by atoms with Gasteiger partial charge < -0.3 is 11.1 Å². The third-order valence-corrected chi connectivity index (χ3v) is 2.75. The molecule has 0 bridgehead atoms. The zero-order chi connectivity index (χ0) is 8.97. The van der Waals surface area contributed by atoms with Gasteiger partial charge in [-0.2, -0.15) is 0 Å². The van der Waals surface area contributed by atoms with Crippen LogP contribution >= 0.6 is 12.2 Å². The van der Waals surface area contributed by atoms with Crippen molar-refractivity contribution < 1.29 is 0 Å². The fourth-order valence-electron chi connectivity index (χ4n) is 1.99. The van der Waals surface area contributed by atoms with Crippen molar-refractivity contribution in [3.8, 4) is 0 Å². The Morgan fingerprint density at radius 2 is 2.33 bits per heavy atom. The molecule has 2 unspecified atom stereocenters. The minimum Gasteiger partial charge on any atom is -0.376 e. The summed E-state index contributed by atoms with van der Waals surface area (Å²) in [4.78, 5) is 0. The van der Waals surface area contributed by atoms with Crippen LogP contribution in [0.3, 0.4) is 0 Å². The van der Waals surface area contributed by atoms with Gasteiger partial charge in [-0.3, -0.25) is 0 Å². The molecule has 1 saturated carbocycles. The molecule has 3 heteroatoms. The van der Waals surface area contributed by atoms with Gasteiger partial charge in [0, 0.05) is 6.54 Å². The molecule has 3 N–H and O–H groups in total. The molecule has 0 amide bonds. The Labute approximate surface area is 79.9 Å². The predicted molar refractivity (Wildman–Crippen MR) is 55.9 cm³/mol.